The minimum Gasteiger partial charge on any atom is -0.464 e. The Kier molecular flexibility index (Phi) is 36.4. The Morgan fingerprint density at radius 2 is 1.02 bits per heavy atom. The van der Waals surface area contributed by atoms with Gasteiger partial charge in [0.2, 0.25) is 17.7 Å². The van der Waals surface area contributed by atoms with Crippen molar-refractivity contribution >= 4 is 35.8 Å². The van der Waals surface area contributed by atoms with Crippen LogP contribution in [-0.2, 0) is 44.8 Å². The van der Waals surface area contributed by atoms with Crippen molar-refractivity contribution in [2.75, 3.05) is 19.8 Å². The van der Waals surface area contributed by atoms with Crippen molar-refractivity contribution in [3.8, 4) is 0 Å². The summed E-state index contributed by atoms with van der Waals surface area (Å²) in [5.74, 6) is -1.08. The van der Waals surface area contributed by atoms with Gasteiger partial charge in [0, 0.05) is 19.4 Å². The molecule has 0 spiro atoms. The van der Waals surface area contributed by atoms with Gasteiger partial charge in [0.25, 0.3) is 0 Å². The highest BCUT2D eigenvalue weighted by molar-refractivity contribution is 5.89. The average molecular weight is 793 g/mol. The van der Waals surface area contributed by atoms with Crippen LogP contribution in [-0.4, -0.2) is 73.6 Å². The molecular weight excluding hydrogens is 716 g/mol. The van der Waals surface area contributed by atoms with Crippen LogP contribution in [0.5, 0.6) is 0 Å². The summed E-state index contributed by atoms with van der Waals surface area (Å²) in [6.45, 7) is 17.4. The summed E-state index contributed by atoms with van der Waals surface area (Å²) in [6, 6.07) is 7.26. The molecule has 56 heavy (non-hydrogen) atoms. The SMILES string of the molecule is CCCCCCOC(=O)C(CC)NC(=O)C(CC)NC(=O)OCc1ccccc1.CCCCCCOC(=O)C(CC)NC(=O)CCC.CCCNC(=O)CCC. The third-order valence-electron chi connectivity index (χ3n) is 8.28. The van der Waals surface area contributed by atoms with Crippen LogP contribution in [0, 0.1) is 0 Å². The normalized spacial score (nSPS) is 11.8. The molecule has 13 nitrogen and oxygen atoms in total. The quantitative estimate of drug-likeness (QED) is 0.0393. The standard InChI is InChI=1S/C22H34N2O5.C14H27NO3.C7H15NO/c1-4-7-8-12-15-28-21(26)19(6-3)23-20(25)18(5-2)24-22(27)29-16-17-13-10-9-11-14-17;1-4-7-8-9-11-18-14(17)12(6-3)15-13(16)10-5-2;1-3-5-7(9)8-6-4-2/h9-11,13-14,18-19H,4-8,12,15-16H2,1-3H3,(H,23,25)(H,24,27);12H,4-11H2,1-3H3,(H,15,16);3-6H2,1-2H3,(H,8,9). The third kappa shape index (κ3) is 30.1. The molecule has 13 heteroatoms. The molecule has 3 atom stereocenters. The van der Waals surface area contributed by atoms with Crippen LogP contribution in [0.25, 0.3) is 0 Å². The van der Waals surface area contributed by atoms with Crippen molar-refractivity contribution in [2.45, 2.75) is 183 Å². The van der Waals surface area contributed by atoms with Crippen LogP contribution in [0.3, 0.4) is 0 Å². The summed E-state index contributed by atoms with van der Waals surface area (Å²) in [6.07, 6.45) is 12.9. The Balaban J connectivity index is 0. The molecule has 1 rings (SSSR count). The molecule has 0 fully saturated rings. The van der Waals surface area contributed by atoms with Gasteiger partial charge < -0.3 is 35.5 Å². The van der Waals surface area contributed by atoms with E-state index in [1.807, 2.05) is 58.0 Å². The molecule has 0 aliphatic rings. The van der Waals surface area contributed by atoms with Gasteiger partial charge in [0.1, 0.15) is 24.7 Å². The molecule has 4 N–H and O–H groups in total. The van der Waals surface area contributed by atoms with Gasteiger partial charge in [-0.05, 0) is 56.9 Å². The van der Waals surface area contributed by atoms with Crippen molar-refractivity contribution in [2.24, 2.45) is 0 Å². The van der Waals surface area contributed by atoms with E-state index in [9.17, 15) is 28.8 Å². The van der Waals surface area contributed by atoms with E-state index < -0.39 is 36.1 Å². The van der Waals surface area contributed by atoms with Crippen LogP contribution in [0.15, 0.2) is 30.3 Å². The fraction of sp³-hybridized carbons (Fsp3) is 0.721. The summed E-state index contributed by atoms with van der Waals surface area (Å²) < 4.78 is 15.6. The second-order valence-corrected chi connectivity index (χ2v) is 13.5. The lowest BCUT2D eigenvalue weighted by Crippen LogP contribution is -2.51. The molecule has 0 radical (unpaired) electrons. The molecule has 0 saturated carbocycles. The molecule has 0 saturated heterocycles. The van der Waals surface area contributed by atoms with Crippen molar-refractivity contribution in [1.29, 1.82) is 0 Å². The lowest BCUT2D eigenvalue weighted by Gasteiger charge is -2.21. The second kappa shape index (κ2) is 37.7. The molecule has 0 aromatic heterocycles. The lowest BCUT2D eigenvalue weighted by atomic mass is 10.1. The zero-order valence-corrected chi connectivity index (χ0v) is 35.9. The zero-order valence-electron chi connectivity index (χ0n) is 35.9. The van der Waals surface area contributed by atoms with Gasteiger partial charge in [-0.2, -0.15) is 0 Å². The first-order valence-electron chi connectivity index (χ1n) is 21.1. The third-order valence-corrected chi connectivity index (χ3v) is 8.28. The Morgan fingerprint density at radius 3 is 1.48 bits per heavy atom. The van der Waals surface area contributed by atoms with Crippen molar-refractivity contribution < 1.29 is 43.0 Å². The number of esters is 2. The Hall–Kier alpha value is -4.16. The van der Waals surface area contributed by atoms with Gasteiger partial charge in [-0.15, -0.1) is 0 Å². The molecule has 322 valence electrons. The van der Waals surface area contributed by atoms with Crippen LogP contribution >= 0.6 is 0 Å². The number of hydrogen-bond acceptors (Lipinski definition) is 9. The predicted octanol–water partition coefficient (Wildman–Crippen LogP) is 7.83. The fourth-order valence-corrected chi connectivity index (χ4v) is 4.87. The monoisotopic (exact) mass is 793 g/mol. The highest BCUT2D eigenvalue weighted by Gasteiger charge is 2.26. The molecule has 0 heterocycles. The van der Waals surface area contributed by atoms with Gasteiger partial charge in [-0.3, -0.25) is 14.4 Å². The molecular formula is C43H76N4O9. The van der Waals surface area contributed by atoms with E-state index in [1.54, 1.807) is 13.8 Å². The first kappa shape index (κ1) is 53.9. The molecule has 1 aromatic rings. The number of nitrogens with one attached hydrogen (secondary N) is 4. The van der Waals surface area contributed by atoms with Crippen LogP contribution < -0.4 is 21.3 Å². The molecule has 0 aliphatic heterocycles. The maximum atomic E-state index is 12.5. The number of carbonyl (C=O) groups excluding carboxylic acids is 6. The highest BCUT2D eigenvalue weighted by Crippen LogP contribution is 2.05. The maximum Gasteiger partial charge on any atom is 0.408 e. The Morgan fingerprint density at radius 1 is 0.518 bits per heavy atom. The Labute approximate surface area is 337 Å². The molecule has 1 aromatic carbocycles. The summed E-state index contributed by atoms with van der Waals surface area (Å²) in [7, 11) is 0. The first-order valence-corrected chi connectivity index (χ1v) is 21.1. The Bertz CT molecular complexity index is 1180. The van der Waals surface area contributed by atoms with Gasteiger partial charge in [-0.25, -0.2) is 14.4 Å². The highest BCUT2D eigenvalue weighted by atomic mass is 16.6. The van der Waals surface area contributed by atoms with Gasteiger partial charge in [-0.1, -0.05) is 124 Å². The van der Waals surface area contributed by atoms with E-state index in [0.717, 1.165) is 69.9 Å². The number of amides is 4. The molecule has 3 unspecified atom stereocenters. The second-order valence-electron chi connectivity index (χ2n) is 13.5. The number of unbranched alkanes of at least 4 members (excludes halogenated alkanes) is 6. The number of benzene rings is 1. The van der Waals surface area contributed by atoms with E-state index in [1.165, 1.54) is 12.8 Å². The van der Waals surface area contributed by atoms with E-state index in [0.29, 0.717) is 45.3 Å². The topological polar surface area (TPSA) is 178 Å². The van der Waals surface area contributed by atoms with Crippen LogP contribution in [0.4, 0.5) is 4.79 Å². The summed E-state index contributed by atoms with van der Waals surface area (Å²) in [4.78, 5) is 70.5. The number of ether oxygens (including phenoxy) is 3. The minimum absolute atomic E-state index is 0.0766. The van der Waals surface area contributed by atoms with Gasteiger partial charge >= 0.3 is 18.0 Å². The summed E-state index contributed by atoms with van der Waals surface area (Å²) >= 11 is 0. The maximum absolute atomic E-state index is 12.5. The van der Waals surface area contributed by atoms with Crippen LogP contribution in [0.2, 0.25) is 0 Å². The summed E-state index contributed by atoms with van der Waals surface area (Å²) in [5.41, 5.74) is 0.855. The summed E-state index contributed by atoms with van der Waals surface area (Å²) in [5, 5.41) is 10.7. The molecule has 4 amide bonds. The molecule has 0 bridgehead atoms. The first-order chi connectivity index (χ1) is 27.0. The zero-order chi connectivity index (χ0) is 42.4. The fourth-order valence-electron chi connectivity index (χ4n) is 4.87. The van der Waals surface area contributed by atoms with E-state index in [4.69, 9.17) is 14.2 Å². The van der Waals surface area contributed by atoms with E-state index >= 15 is 0 Å². The lowest BCUT2D eigenvalue weighted by molar-refractivity contribution is -0.148. The van der Waals surface area contributed by atoms with Crippen molar-refractivity contribution in [3.05, 3.63) is 35.9 Å². The van der Waals surface area contributed by atoms with Crippen molar-refractivity contribution in [1.82, 2.24) is 21.3 Å². The van der Waals surface area contributed by atoms with Gasteiger partial charge in [0.15, 0.2) is 0 Å². The molecule has 0 aliphatic carbocycles. The van der Waals surface area contributed by atoms with Crippen LogP contribution in [0.1, 0.15) is 164 Å². The van der Waals surface area contributed by atoms with Crippen molar-refractivity contribution in [3.63, 3.8) is 0 Å². The van der Waals surface area contributed by atoms with E-state index in [-0.39, 0.29) is 24.4 Å². The van der Waals surface area contributed by atoms with E-state index in [2.05, 4.69) is 35.1 Å². The smallest absolute Gasteiger partial charge is 0.408 e. The van der Waals surface area contributed by atoms with Gasteiger partial charge in [0.05, 0.1) is 13.2 Å². The number of carbonyl (C=O) groups is 6. The number of hydrogen-bond donors (Lipinski definition) is 4. The number of alkyl carbamates (subject to hydrolysis) is 1. The number of rotatable bonds is 27. The average Bonchev–Trinajstić information content (AvgIpc) is 3.20. The largest absolute Gasteiger partial charge is 0.464 e. The predicted molar refractivity (Wildman–Crippen MR) is 222 cm³/mol. The minimum atomic E-state index is -0.787.